The summed E-state index contributed by atoms with van der Waals surface area (Å²) >= 11 is 0. The molecular weight excluding hydrogens is 160 g/mol. The van der Waals surface area contributed by atoms with E-state index in [1.165, 1.54) is 6.42 Å². The minimum atomic E-state index is 0.290. The first-order valence-corrected chi connectivity index (χ1v) is 5.14. The zero-order chi connectivity index (χ0) is 9.84. The van der Waals surface area contributed by atoms with Crippen LogP contribution in [0.2, 0.25) is 0 Å². The topological polar surface area (TPSA) is 29.3 Å². The SMILES string of the molecule is C#CC(CC)N1CCC(C)C(N)C1. The molecule has 0 saturated carbocycles. The fourth-order valence-corrected chi connectivity index (χ4v) is 1.89. The van der Waals surface area contributed by atoms with Crippen LogP contribution in [0.5, 0.6) is 0 Å². The zero-order valence-corrected chi connectivity index (χ0v) is 8.66. The molecule has 0 aromatic heterocycles. The highest BCUT2D eigenvalue weighted by molar-refractivity contribution is 5.01. The average molecular weight is 180 g/mol. The zero-order valence-electron chi connectivity index (χ0n) is 8.66. The van der Waals surface area contributed by atoms with Crippen molar-refractivity contribution in [1.82, 2.24) is 4.90 Å². The molecule has 3 unspecified atom stereocenters. The van der Waals surface area contributed by atoms with E-state index in [0.717, 1.165) is 19.5 Å². The smallest absolute Gasteiger partial charge is 0.0709 e. The molecule has 2 heteroatoms. The number of nitrogens with zero attached hydrogens (tertiary/aromatic N) is 1. The van der Waals surface area contributed by atoms with Crippen molar-refractivity contribution in [3.8, 4) is 12.3 Å². The van der Waals surface area contributed by atoms with Crippen LogP contribution < -0.4 is 5.73 Å². The second-order valence-electron chi connectivity index (χ2n) is 4.02. The quantitative estimate of drug-likeness (QED) is 0.644. The molecule has 0 aliphatic carbocycles. The maximum Gasteiger partial charge on any atom is 0.0709 e. The van der Waals surface area contributed by atoms with Crippen molar-refractivity contribution < 1.29 is 0 Å². The molecular formula is C11H20N2. The maximum absolute atomic E-state index is 6.01. The van der Waals surface area contributed by atoms with E-state index in [2.05, 4.69) is 24.7 Å². The van der Waals surface area contributed by atoms with Crippen LogP contribution in [0.3, 0.4) is 0 Å². The van der Waals surface area contributed by atoms with Crippen LogP contribution in [-0.4, -0.2) is 30.1 Å². The normalized spacial score (nSPS) is 32.5. The Balaban J connectivity index is 2.50. The van der Waals surface area contributed by atoms with E-state index in [0.29, 0.717) is 18.0 Å². The van der Waals surface area contributed by atoms with Crippen molar-refractivity contribution in [3.05, 3.63) is 0 Å². The Morgan fingerprint density at radius 2 is 2.38 bits per heavy atom. The Bertz CT molecular complexity index is 195. The summed E-state index contributed by atoms with van der Waals surface area (Å²) in [5.41, 5.74) is 6.01. The predicted molar refractivity (Wildman–Crippen MR) is 56.2 cm³/mol. The lowest BCUT2D eigenvalue weighted by Crippen LogP contribution is -2.50. The Kier molecular flexibility index (Phi) is 3.77. The molecule has 1 aliphatic rings. The van der Waals surface area contributed by atoms with Gasteiger partial charge in [-0.2, -0.15) is 0 Å². The summed E-state index contributed by atoms with van der Waals surface area (Å²) in [7, 11) is 0. The van der Waals surface area contributed by atoms with Gasteiger partial charge in [-0.05, 0) is 25.3 Å². The van der Waals surface area contributed by atoms with Gasteiger partial charge in [-0.15, -0.1) is 6.42 Å². The number of hydrogen-bond acceptors (Lipinski definition) is 2. The molecule has 0 aromatic carbocycles. The summed E-state index contributed by atoms with van der Waals surface area (Å²) < 4.78 is 0. The molecule has 1 heterocycles. The molecule has 0 aromatic rings. The van der Waals surface area contributed by atoms with Gasteiger partial charge in [-0.1, -0.05) is 19.8 Å². The van der Waals surface area contributed by atoms with Crippen molar-refractivity contribution in [2.24, 2.45) is 11.7 Å². The molecule has 0 amide bonds. The van der Waals surface area contributed by atoms with Crippen LogP contribution >= 0.6 is 0 Å². The van der Waals surface area contributed by atoms with Gasteiger partial charge in [-0.3, -0.25) is 4.90 Å². The van der Waals surface area contributed by atoms with Gasteiger partial charge in [0.2, 0.25) is 0 Å². The van der Waals surface area contributed by atoms with Gasteiger partial charge in [-0.25, -0.2) is 0 Å². The molecule has 1 rings (SSSR count). The second kappa shape index (κ2) is 4.64. The lowest BCUT2D eigenvalue weighted by molar-refractivity contribution is 0.142. The van der Waals surface area contributed by atoms with Gasteiger partial charge < -0.3 is 5.73 Å². The third kappa shape index (κ3) is 2.46. The molecule has 13 heavy (non-hydrogen) atoms. The van der Waals surface area contributed by atoms with Crippen molar-refractivity contribution in [2.45, 2.75) is 38.8 Å². The van der Waals surface area contributed by atoms with Crippen LogP contribution in [0.15, 0.2) is 0 Å². The first kappa shape index (κ1) is 10.6. The highest BCUT2D eigenvalue weighted by atomic mass is 15.2. The molecule has 3 atom stereocenters. The first-order chi connectivity index (χ1) is 6.19. The summed E-state index contributed by atoms with van der Waals surface area (Å²) in [4.78, 5) is 2.34. The summed E-state index contributed by atoms with van der Waals surface area (Å²) in [5, 5.41) is 0. The van der Waals surface area contributed by atoms with E-state index in [9.17, 15) is 0 Å². The molecule has 1 aliphatic heterocycles. The molecule has 1 fully saturated rings. The molecule has 0 spiro atoms. The summed E-state index contributed by atoms with van der Waals surface area (Å²) in [6, 6.07) is 0.592. The predicted octanol–water partition coefficient (Wildman–Crippen LogP) is 1.07. The van der Waals surface area contributed by atoms with Gasteiger partial charge in [0.25, 0.3) is 0 Å². The number of terminal acetylenes is 1. The maximum atomic E-state index is 6.01. The van der Waals surface area contributed by atoms with Crippen LogP contribution in [-0.2, 0) is 0 Å². The van der Waals surface area contributed by atoms with E-state index >= 15 is 0 Å². The molecule has 74 valence electrons. The van der Waals surface area contributed by atoms with Crippen molar-refractivity contribution in [2.75, 3.05) is 13.1 Å². The fourth-order valence-electron chi connectivity index (χ4n) is 1.89. The van der Waals surface area contributed by atoms with Crippen LogP contribution in [0, 0.1) is 18.3 Å². The monoisotopic (exact) mass is 180 g/mol. The number of hydrogen-bond donors (Lipinski definition) is 1. The van der Waals surface area contributed by atoms with Crippen LogP contribution in [0.4, 0.5) is 0 Å². The lowest BCUT2D eigenvalue weighted by atomic mass is 9.93. The van der Waals surface area contributed by atoms with Gasteiger partial charge in [0.1, 0.15) is 0 Å². The van der Waals surface area contributed by atoms with Crippen LogP contribution in [0.1, 0.15) is 26.7 Å². The highest BCUT2D eigenvalue weighted by Gasteiger charge is 2.26. The van der Waals surface area contributed by atoms with Gasteiger partial charge in [0.15, 0.2) is 0 Å². The lowest BCUT2D eigenvalue weighted by Gasteiger charge is -2.37. The van der Waals surface area contributed by atoms with Crippen LogP contribution in [0.25, 0.3) is 0 Å². The van der Waals surface area contributed by atoms with Crippen molar-refractivity contribution in [3.63, 3.8) is 0 Å². The van der Waals surface area contributed by atoms with E-state index in [-0.39, 0.29) is 0 Å². The number of piperidine rings is 1. The van der Waals surface area contributed by atoms with E-state index in [4.69, 9.17) is 12.2 Å². The van der Waals surface area contributed by atoms with E-state index in [1.54, 1.807) is 0 Å². The van der Waals surface area contributed by atoms with E-state index in [1.807, 2.05) is 0 Å². The van der Waals surface area contributed by atoms with Gasteiger partial charge >= 0.3 is 0 Å². The Morgan fingerprint density at radius 3 is 2.85 bits per heavy atom. The third-order valence-electron chi connectivity index (χ3n) is 3.07. The van der Waals surface area contributed by atoms with Gasteiger partial charge in [0.05, 0.1) is 6.04 Å². The van der Waals surface area contributed by atoms with E-state index < -0.39 is 0 Å². The molecule has 1 saturated heterocycles. The Hall–Kier alpha value is -0.520. The number of nitrogens with two attached hydrogens (primary N) is 1. The number of rotatable bonds is 2. The van der Waals surface area contributed by atoms with Crippen molar-refractivity contribution in [1.29, 1.82) is 0 Å². The Labute approximate surface area is 81.5 Å². The highest BCUT2D eigenvalue weighted by Crippen LogP contribution is 2.18. The minimum Gasteiger partial charge on any atom is -0.326 e. The Morgan fingerprint density at radius 1 is 1.69 bits per heavy atom. The minimum absolute atomic E-state index is 0.290. The van der Waals surface area contributed by atoms with Gasteiger partial charge in [0, 0.05) is 12.6 Å². The average Bonchev–Trinajstić information content (AvgIpc) is 2.13. The summed E-state index contributed by atoms with van der Waals surface area (Å²) in [6.45, 7) is 6.42. The second-order valence-corrected chi connectivity index (χ2v) is 4.02. The fraction of sp³-hybridized carbons (Fsp3) is 0.818. The molecule has 0 bridgehead atoms. The first-order valence-electron chi connectivity index (χ1n) is 5.14. The summed E-state index contributed by atoms with van der Waals surface area (Å²) in [6.07, 6.45) is 7.67. The number of likely N-dealkylation sites (tertiary alicyclic amines) is 1. The molecule has 0 radical (unpaired) electrons. The van der Waals surface area contributed by atoms with Crippen molar-refractivity contribution >= 4 is 0 Å². The standard InChI is InChI=1S/C11H20N2/c1-4-10(5-2)13-7-6-9(3)11(12)8-13/h1,9-11H,5-8,12H2,2-3H3. The largest absolute Gasteiger partial charge is 0.326 e. The molecule has 2 N–H and O–H groups in total. The summed E-state index contributed by atoms with van der Waals surface area (Å²) in [5.74, 6) is 3.47. The third-order valence-corrected chi connectivity index (χ3v) is 3.07. The molecule has 2 nitrogen and oxygen atoms in total.